The van der Waals surface area contributed by atoms with Crippen LogP contribution in [0, 0.1) is 0 Å². The summed E-state index contributed by atoms with van der Waals surface area (Å²) >= 11 is 12.4. The number of piperazine rings is 1. The van der Waals surface area contributed by atoms with Crippen molar-refractivity contribution >= 4 is 23.2 Å². The molecule has 20 heavy (non-hydrogen) atoms. The molecule has 0 aromatic carbocycles. The highest BCUT2D eigenvalue weighted by atomic mass is 35.5. The molecular formula is C15H23Cl2N3. The molecule has 2 heterocycles. The van der Waals surface area contributed by atoms with E-state index in [1.807, 2.05) is 0 Å². The molecule has 1 aromatic heterocycles. The number of rotatable bonds is 4. The lowest BCUT2D eigenvalue weighted by Gasteiger charge is -2.43. The first kappa shape index (κ1) is 16.0. The fourth-order valence-corrected chi connectivity index (χ4v) is 3.42. The normalized spacial score (nSPS) is 21.6. The minimum absolute atomic E-state index is 0.607. The molecule has 0 amide bonds. The molecule has 0 bridgehead atoms. The molecule has 5 heteroatoms. The Morgan fingerprint density at radius 1 is 1.25 bits per heavy atom. The van der Waals surface area contributed by atoms with Gasteiger partial charge in [-0.15, -0.1) is 0 Å². The Hall–Kier alpha value is -0.350. The van der Waals surface area contributed by atoms with Gasteiger partial charge < -0.3 is 0 Å². The number of hydrogen-bond acceptors (Lipinski definition) is 3. The maximum atomic E-state index is 6.21. The van der Waals surface area contributed by atoms with Gasteiger partial charge in [0.05, 0.1) is 10.0 Å². The Kier molecular flexibility index (Phi) is 5.67. The summed E-state index contributed by atoms with van der Waals surface area (Å²) in [6.07, 6.45) is 4.52. The quantitative estimate of drug-likeness (QED) is 0.844. The topological polar surface area (TPSA) is 19.4 Å². The van der Waals surface area contributed by atoms with Crippen LogP contribution in [0.25, 0.3) is 0 Å². The average Bonchev–Trinajstić information content (AvgIpc) is 2.42. The van der Waals surface area contributed by atoms with Crippen molar-refractivity contribution in [3.05, 3.63) is 28.0 Å². The molecule has 0 saturated carbocycles. The first-order valence-corrected chi connectivity index (χ1v) is 8.04. The van der Waals surface area contributed by atoms with Crippen LogP contribution in [0.1, 0.15) is 32.8 Å². The van der Waals surface area contributed by atoms with Gasteiger partial charge in [-0.3, -0.25) is 14.8 Å². The van der Waals surface area contributed by atoms with Gasteiger partial charge in [0.15, 0.2) is 0 Å². The number of pyridine rings is 1. The van der Waals surface area contributed by atoms with Crippen LogP contribution in [0.2, 0.25) is 10.0 Å². The van der Waals surface area contributed by atoms with Crippen LogP contribution in [0.5, 0.6) is 0 Å². The van der Waals surface area contributed by atoms with E-state index in [9.17, 15) is 0 Å². The third-order valence-corrected chi connectivity index (χ3v) is 4.73. The van der Waals surface area contributed by atoms with Crippen LogP contribution in [0.3, 0.4) is 0 Å². The van der Waals surface area contributed by atoms with E-state index in [1.54, 1.807) is 12.4 Å². The highest BCUT2D eigenvalue weighted by Gasteiger charge is 2.27. The molecule has 1 saturated heterocycles. The molecule has 0 unspecified atom stereocenters. The van der Waals surface area contributed by atoms with E-state index < -0.39 is 0 Å². The predicted molar refractivity (Wildman–Crippen MR) is 85.5 cm³/mol. The van der Waals surface area contributed by atoms with Crippen molar-refractivity contribution in [2.24, 2.45) is 0 Å². The molecule has 0 spiro atoms. The Bertz CT molecular complexity index is 430. The molecular weight excluding hydrogens is 293 g/mol. The van der Waals surface area contributed by atoms with E-state index in [-0.39, 0.29) is 0 Å². The van der Waals surface area contributed by atoms with Crippen molar-refractivity contribution < 1.29 is 0 Å². The fraction of sp³-hybridized carbons (Fsp3) is 0.667. The molecule has 1 aliphatic heterocycles. The van der Waals surface area contributed by atoms with Gasteiger partial charge >= 0.3 is 0 Å². The summed E-state index contributed by atoms with van der Waals surface area (Å²) in [5.74, 6) is 0. The summed E-state index contributed by atoms with van der Waals surface area (Å²) in [6.45, 7) is 10.9. The monoisotopic (exact) mass is 315 g/mol. The summed E-state index contributed by atoms with van der Waals surface area (Å²) < 4.78 is 0. The van der Waals surface area contributed by atoms with Crippen LogP contribution < -0.4 is 0 Å². The van der Waals surface area contributed by atoms with Gasteiger partial charge in [0.2, 0.25) is 0 Å². The molecule has 0 aliphatic carbocycles. The molecule has 0 N–H and O–H groups in total. The van der Waals surface area contributed by atoms with Gasteiger partial charge in [0.1, 0.15) is 0 Å². The molecule has 112 valence electrons. The number of hydrogen-bond donors (Lipinski definition) is 0. The third kappa shape index (κ3) is 3.64. The molecule has 0 radical (unpaired) electrons. The second kappa shape index (κ2) is 7.08. The SMILES string of the molecule is CC[C@@H]1CN(Cc2c(Cl)cncc2Cl)CCN1C(C)C. The molecule has 2 rings (SSSR count). The highest BCUT2D eigenvalue weighted by molar-refractivity contribution is 6.35. The van der Waals surface area contributed by atoms with Gasteiger partial charge in [0, 0.05) is 56.2 Å². The zero-order valence-electron chi connectivity index (χ0n) is 12.4. The Labute approximate surface area is 131 Å². The minimum Gasteiger partial charge on any atom is -0.296 e. The Morgan fingerprint density at radius 2 is 1.90 bits per heavy atom. The lowest BCUT2D eigenvalue weighted by Crippen LogP contribution is -2.54. The highest BCUT2D eigenvalue weighted by Crippen LogP contribution is 2.26. The number of nitrogens with zero attached hydrogens (tertiary/aromatic N) is 3. The van der Waals surface area contributed by atoms with Crippen LogP contribution >= 0.6 is 23.2 Å². The van der Waals surface area contributed by atoms with Gasteiger partial charge in [-0.05, 0) is 20.3 Å². The maximum Gasteiger partial charge on any atom is 0.0649 e. The van der Waals surface area contributed by atoms with Crippen LogP contribution in [-0.4, -0.2) is 46.5 Å². The van der Waals surface area contributed by atoms with Gasteiger partial charge in [-0.25, -0.2) is 0 Å². The van der Waals surface area contributed by atoms with Crippen molar-refractivity contribution in [1.29, 1.82) is 0 Å². The lowest BCUT2D eigenvalue weighted by atomic mass is 10.1. The third-order valence-electron chi connectivity index (χ3n) is 4.08. The second-order valence-corrected chi connectivity index (χ2v) is 6.52. The van der Waals surface area contributed by atoms with Gasteiger partial charge in [0.25, 0.3) is 0 Å². The zero-order chi connectivity index (χ0) is 14.7. The number of aromatic nitrogens is 1. The molecule has 1 fully saturated rings. The average molecular weight is 316 g/mol. The van der Waals surface area contributed by atoms with Gasteiger partial charge in [-0.2, -0.15) is 0 Å². The van der Waals surface area contributed by atoms with Crippen molar-refractivity contribution in [1.82, 2.24) is 14.8 Å². The van der Waals surface area contributed by atoms with E-state index in [0.717, 1.165) is 31.7 Å². The van der Waals surface area contributed by atoms with Gasteiger partial charge in [-0.1, -0.05) is 30.1 Å². The molecule has 3 nitrogen and oxygen atoms in total. The van der Waals surface area contributed by atoms with E-state index in [2.05, 4.69) is 35.6 Å². The Balaban J connectivity index is 2.05. The summed E-state index contributed by atoms with van der Waals surface area (Å²) in [5.41, 5.74) is 0.996. The Morgan fingerprint density at radius 3 is 2.45 bits per heavy atom. The predicted octanol–water partition coefficient (Wildman–Crippen LogP) is 3.69. The smallest absolute Gasteiger partial charge is 0.0649 e. The first-order valence-electron chi connectivity index (χ1n) is 7.28. The minimum atomic E-state index is 0.607. The molecule has 1 aliphatic rings. The van der Waals surface area contributed by atoms with E-state index >= 15 is 0 Å². The van der Waals surface area contributed by atoms with Crippen molar-refractivity contribution in [3.8, 4) is 0 Å². The van der Waals surface area contributed by atoms with Crippen LogP contribution in [-0.2, 0) is 6.54 Å². The first-order chi connectivity index (χ1) is 9.52. The van der Waals surface area contributed by atoms with Crippen molar-refractivity contribution in [2.75, 3.05) is 19.6 Å². The largest absolute Gasteiger partial charge is 0.296 e. The van der Waals surface area contributed by atoms with Crippen LogP contribution in [0.15, 0.2) is 12.4 Å². The van der Waals surface area contributed by atoms with E-state index in [1.165, 1.54) is 6.42 Å². The summed E-state index contributed by atoms with van der Waals surface area (Å²) in [5, 5.41) is 1.33. The van der Waals surface area contributed by atoms with Crippen LogP contribution in [0.4, 0.5) is 0 Å². The second-order valence-electron chi connectivity index (χ2n) is 5.71. The van der Waals surface area contributed by atoms with Crippen molar-refractivity contribution in [3.63, 3.8) is 0 Å². The fourth-order valence-electron chi connectivity index (χ4n) is 2.93. The van der Waals surface area contributed by atoms with Crippen molar-refractivity contribution in [2.45, 2.75) is 45.8 Å². The lowest BCUT2D eigenvalue weighted by molar-refractivity contribution is 0.0457. The number of halogens is 2. The molecule has 1 atom stereocenters. The summed E-state index contributed by atoms with van der Waals surface area (Å²) in [6, 6.07) is 1.22. The zero-order valence-corrected chi connectivity index (χ0v) is 14.0. The maximum absolute atomic E-state index is 6.21. The summed E-state index contributed by atoms with van der Waals surface area (Å²) in [4.78, 5) is 9.05. The summed E-state index contributed by atoms with van der Waals surface area (Å²) in [7, 11) is 0. The molecule has 1 aromatic rings. The standard InChI is InChI=1S/C15H23Cl2N3/c1-4-12-9-19(5-6-20(12)11(2)3)10-13-14(16)7-18-8-15(13)17/h7-8,11-12H,4-6,9-10H2,1-3H3/t12-/m1/s1. The van der Waals surface area contributed by atoms with E-state index in [0.29, 0.717) is 22.1 Å². The van der Waals surface area contributed by atoms with E-state index in [4.69, 9.17) is 23.2 Å².